The number of rotatable bonds is 4. The summed E-state index contributed by atoms with van der Waals surface area (Å²) in [6.45, 7) is 7.49. The molecule has 3 nitrogen and oxygen atoms in total. The summed E-state index contributed by atoms with van der Waals surface area (Å²) in [6.07, 6.45) is 1.41. The fourth-order valence-corrected chi connectivity index (χ4v) is 3.98. The lowest BCUT2D eigenvalue weighted by molar-refractivity contribution is 0.333. The molecule has 2 rings (SSSR count). The van der Waals surface area contributed by atoms with Gasteiger partial charge in [0, 0.05) is 12.5 Å². The van der Waals surface area contributed by atoms with E-state index in [2.05, 4.69) is 12.0 Å². The van der Waals surface area contributed by atoms with Crippen LogP contribution in [0, 0.1) is 18.9 Å². The molecule has 2 aromatic rings. The fraction of sp³-hybridized carbons (Fsp3) is 0.333. The maximum Gasteiger partial charge on any atom is 0.271 e. The number of hydrogen-bond acceptors (Lipinski definition) is 2. The minimum absolute atomic E-state index is 0.269. The van der Waals surface area contributed by atoms with Crippen molar-refractivity contribution in [1.82, 2.24) is 4.31 Å². The number of hydrogen-bond donors (Lipinski definition) is 0. The van der Waals surface area contributed by atoms with Crippen LogP contribution >= 0.6 is 0 Å². The largest absolute Gasteiger partial charge is 0.271 e. The summed E-state index contributed by atoms with van der Waals surface area (Å²) < 4.78 is 27.2. The van der Waals surface area contributed by atoms with E-state index in [-0.39, 0.29) is 4.90 Å². The number of benzene rings is 2. The Balaban J connectivity index is 2.22. The van der Waals surface area contributed by atoms with Crippen molar-refractivity contribution in [3.05, 3.63) is 65.7 Å². The second-order valence-electron chi connectivity index (χ2n) is 7.03. The second kappa shape index (κ2) is 7.76. The Bertz CT molecular complexity index is 852. The summed E-state index contributed by atoms with van der Waals surface area (Å²) in [4.78, 5) is 0.269. The molecule has 25 heavy (non-hydrogen) atoms. The van der Waals surface area contributed by atoms with Crippen LogP contribution in [0.2, 0.25) is 0 Å². The predicted octanol–water partition coefficient (Wildman–Crippen LogP) is 4.38. The first-order valence-electron chi connectivity index (χ1n) is 8.36. The molecular weight excluding hydrogens is 330 g/mol. The molecule has 0 aliphatic rings. The molecule has 0 aliphatic heterocycles. The average Bonchev–Trinajstić information content (AvgIpc) is 2.54. The first-order chi connectivity index (χ1) is 11.7. The monoisotopic (exact) mass is 355 g/mol. The lowest BCUT2D eigenvalue weighted by atomic mass is 10.1. The average molecular weight is 356 g/mol. The van der Waals surface area contributed by atoms with Crippen LogP contribution < -0.4 is 0 Å². The maximum atomic E-state index is 13.0. The summed E-state index contributed by atoms with van der Waals surface area (Å²) in [5.41, 5.74) is 1.60. The summed E-state index contributed by atoms with van der Waals surface area (Å²) in [6, 6.07) is 19.8. The Hall–Kier alpha value is -2.25. The van der Waals surface area contributed by atoms with Crippen molar-refractivity contribution in [3.8, 4) is 12.0 Å². The van der Waals surface area contributed by atoms with Gasteiger partial charge in [-0.25, -0.2) is 12.7 Å². The van der Waals surface area contributed by atoms with Gasteiger partial charge in [0.2, 0.25) is 0 Å². The van der Waals surface area contributed by atoms with E-state index in [9.17, 15) is 8.42 Å². The molecule has 0 atom stereocenters. The van der Waals surface area contributed by atoms with Gasteiger partial charge in [-0.2, -0.15) is 0 Å². The molecule has 0 amide bonds. The van der Waals surface area contributed by atoms with Crippen molar-refractivity contribution in [2.24, 2.45) is 0 Å². The lowest BCUT2D eigenvalue weighted by Gasteiger charge is -2.31. The Kier molecular flexibility index (Phi) is 5.92. The van der Waals surface area contributed by atoms with Crippen molar-refractivity contribution in [3.63, 3.8) is 0 Å². The number of aryl methyl sites for hydroxylation is 2. The molecule has 0 radical (unpaired) electrons. The van der Waals surface area contributed by atoms with Crippen LogP contribution in [0.1, 0.15) is 38.3 Å². The first-order valence-corrected chi connectivity index (χ1v) is 9.80. The van der Waals surface area contributed by atoms with Crippen LogP contribution in [0.25, 0.3) is 0 Å². The van der Waals surface area contributed by atoms with Crippen LogP contribution in [0.15, 0.2) is 59.5 Å². The zero-order valence-electron chi connectivity index (χ0n) is 15.3. The molecule has 0 N–H and O–H groups in total. The van der Waals surface area contributed by atoms with Gasteiger partial charge >= 0.3 is 0 Å². The van der Waals surface area contributed by atoms with E-state index >= 15 is 0 Å². The van der Waals surface area contributed by atoms with E-state index in [1.165, 1.54) is 9.87 Å². The number of nitrogens with zero attached hydrogens (tertiary/aromatic N) is 1. The summed E-state index contributed by atoms with van der Waals surface area (Å²) >= 11 is 0. The van der Waals surface area contributed by atoms with Crippen LogP contribution in [-0.4, -0.2) is 18.3 Å². The predicted molar refractivity (Wildman–Crippen MR) is 102 cm³/mol. The molecule has 2 aromatic carbocycles. The highest BCUT2D eigenvalue weighted by atomic mass is 32.2. The third kappa shape index (κ3) is 5.11. The molecule has 0 saturated carbocycles. The van der Waals surface area contributed by atoms with Gasteiger partial charge in [0.1, 0.15) is 0 Å². The molecule has 0 saturated heterocycles. The molecule has 0 fully saturated rings. The van der Waals surface area contributed by atoms with E-state index in [4.69, 9.17) is 0 Å². The van der Waals surface area contributed by atoms with Gasteiger partial charge in [0.25, 0.3) is 10.0 Å². The molecule has 0 aliphatic carbocycles. The van der Waals surface area contributed by atoms with Crippen LogP contribution in [0.5, 0.6) is 0 Å². The van der Waals surface area contributed by atoms with Gasteiger partial charge in [-0.15, -0.1) is 0 Å². The minimum atomic E-state index is -3.66. The maximum absolute atomic E-state index is 13.0. The van der Waals surface area contributed by atoms with Crippen molar-refractivity contribution >= 4 is 10.0 Å². The molecule has 0 bridgehead atoms. The van der Waals surface area contributed by atoms with Crippen molar-refractivity contribution in [2.45, 2.75) is 51.0 Å². The molecule has 0 heterocycles. The zero-order chi connectivity index (χ0) is 18.5. The fourth-order valence-electron chi connectivity index (χ4n) is 2.38. The first kappa shape index (κ1) is 19.1. The van der Waals surface area contributed by atoms with Crippen LogP contribution in [-0.2, 0) is 16.4 Å². The van der Waals surface area contributed by atoms with E-state index in [0.717, 1.165) is 12.0 Å². The smallest absolute Gasteiger partial charge is 0.219 e. The Morgan fingerprint density at radius 3 is 2.12 bits per heavy atom. The molecular formula is C21H25NO2S. The zero-order valence-corrected chi connectivity index (χ0v) is 16.1. The molecule has 0 aromatic heterocycles. The molecule has 4 heteroatoms. The van der Waals surface area contributed by atoms with E-state index in [1.807, 2.05) is 58.0 Å². The highest BCUT2D eigenvalue weighted by Gasteiger charge is 2.31. The van der Waals surface area contributed by atoms with Crippen molar-refractivity contribution in [1.29, 1.82) is 0 Å². The topological polar surface area (TPSA) is 37.4 Å². The quantitative estimate of drug-likeness (QED) is 0.603. The lowest BCUT2D eigenvalue weighted by Crippen LogP contribution is -2.42. The van der Waals surface area contributed by atoms with Crippen LogP contribution in [0.4, 0.5) is 0 Å². The van der Waals surface area contributed by atoms with Gasteiger partial charge in [-0.3, -0.25) is 0 Å². The van der Waals surface area contributed by atoms with E-state index in [0.29, 0.717) is 6.42 Å². The third-order valence-electron chi connectivity index (χ3n) is 3.73. The van der Waals surface area contributed by atoms with Crippen molar-refractivity contribution in [2.75, 3.05) is 0 Å². The van der Waals surface area contributed by atoms with Gasteiger partial charge < -0.3 is 0 Å². The Morgan fingerprint density at radius 1 is 0.960 bits per heavy atom. The van der Waals surface area contributed by atoms with Gasteiger partial charge in [0.05, 0.1) is 10.4 Å². The van der Waals surface area contributed by atoms with E-state index < -0.39 is 15.6 Å². The SMILES string of the molecule is Cc1ccc(S(=O)(=O)N(C#CCCc2ccccc2)C(C)(C)C)cc1. The summed E-state index contributed by atoms with van der Waals surface area (Å²) in [7, 11) is -3.66. The van der Waals surface area contributed by atoms with Gasteiger partial charge in [0.15, 0.2) is 0 Å². The Morgan fingerprint density at radius 2 is 1.56 bits per heavy atom. The van der Waals surface area contributed by atoms with Crippen molar-refractivity contribution < 1.29 is 8.42 Å². The van der Waals surface area contributed by atoms with Gasteiger partial charge in [-0.05, 0) is 51.8 Å². The standard InChI is InChI=1S/C21H25NO2S/c1-18-13-15-20(16-14-18)25(23,24)22(21(2,3)4)17-9-8-12-19-10-6-5-7-11-19/h5-7,10-11,13-16H,8,12H2,1-4H3. The minimum Gasteiger partial charge on any atom is -0.219 e. The molecule has 0 spiro atoms. The molecule has 132 valence electrons. The van der Waals surface area contributed by atoms with Gasteiger partial charge in [-0.1, -0.05) is 53.9 Å². The van der Waals surface area contributed by atoms with E-state index in [1.54, 1.807) is 24.3 Å². The third-order valence-corrected chi connectivity index (χ3v) is 5.72. The summed E-state index contributed by atoms with van der Waals surface area (Å²) in [5, 5.41) is 0. The normalized spacial score (nSPS) is 11.5. The highest BCUT2D eigenvalue weighted by molar-refractivity contribution is 7.89. The second-order valence-corrected chi connectivity index (χ2v) is 8.81. The van der Waals surface area contributed by atoms with Crippen LogP contribution in [0.3, 0.4) is 0 Å². The molecule has 0 unspecified atom stereocenters. The summed E-state index contributed by atoms with van der Waals surface area (Å²) in [5.74, 6) is 3.02. The highest BCUT2D eigenvalue weighted by Crippen LogP contribution is 2.23. The number of sulfonamides is 1. The Labute approximate surface area is 151 Å².